The number of carbonyl (C=O) groups is 2. The van der Waals surface area contributed by atoms with E-state index in [0.717, 1.165) is 35.5 Å². The number of carbonyl (C=O) groups excluding carboxylic acids is 2. The molecule has 10 heteroatoms. The van der Waals surface area contributed by atoms with Crippen molar-refractivity contribution in [2.24, 2.45) is 17.3 Å². The standard InChI is InChI=1S/C30H43N3O6S/c1-18-8-7-9-30(6)24(39-30)13-22(19(2)12-21-16-40-25(32-21)15-33-11-10-31-17-33)38-26(35)14-23(34)29(4,5)28(37)20(3)27(18)36/h10-12,16-18,20,22-24,27,34,36H,7-9,13-15H2,1-6H3. The number of cyclic esters (lactones) is 1. The Hall–Kier alpha value is -2.40. The molecule has 0 aromatic carbocycles. The Balaban J connectivity index is 1.54. The van der Waals surface area contributed by atoms with E-state index in [0.29, 0.717) is 13.0 Å². The number of Topliss-reactive ketones (excluding diaryl/α,β-unsaturated/α-hetero) is 1. The van der Waals surface area contributed by atoms with Crippen LogP contribution >= 0.6 is 11.3 Å². The van der Waals surface area contributed by atoms with Crippen LogP contribution in [0.15, 0.2) is 29.7 Å². The molecule has 2 aliphatic heterocycles. The molecule has 2 fully saturated rings. The fourth-order valence-corrected chi connectivity index (χ4v) is 6.38. The van der Waals surface area contributed by atoms with Crippen LogP contribution < -0.4 is 0 Å². The van der Waals surface area contributed by atoms with Gasteiger partial charge in [0, 0.05) is 30.1 Å². The van der Waals surface area contributed by atoms with Crippen LogP contribution in [0.3, 0.4) is 0 Å². The molecule has 2 N–H and O–H groups in total. The molecule has 4 rings (SSSR count). The molecule has 0 amide bonds. The van der Waals surface area contributed by atoms with Gasteiger partial charge in [-0.1, -0.05) is 34.1 Å². The molecule has 40 heavy (non-hydrogen) atoms. The van der Waals surface area contributed by atoms with E-state index in [4.69, 9.17) is 14.5 Å². The van der Waals surface area contributed by atoms with Gasteiger partial charge in [-0.2, -0.15) is 0 Å². The molecule has 2 aromatic heterocycles. The summed E-state index contributed by atoms with van der Waals surface area (Å²) in [6.07, 6.45) is 7.17. The number of epoxide rings is 1. The summed E-state index contributed by atoms with van der Waals surface area (Å²) in [6, 6.07) is 0. The first-order valence-electron chi connectivity index (χ1n) is 14.2. The van der Waals surface area contributed by atoms with Crippen molar-refractivity contribution in [2.45, 2.75) is 110 Å². The number of hydrogen-bond acceptors (Lipinski definition) is 9. The van der Waals surface area contributed by atoms with Crippen LogP contribution in [0.5, 0.6) is 0 Å². The molecular weight excluding hydrogens is 530 g/mol. The smallest absolute Gasteiger partial charge is 0.309 e. The lowest BCUT2D eigenvalue weighted by atomic mass is 9.73. The molecule has 0 spiro atoms. The average molecular weight is 574 g/mol. The fourth-order valence-electron chi connectivity index (χ4n) is 5.62. The summed E-state index contributed by atoms with van der Waals surface area (Å²) >= 11 is 1.55. The van der Waals surface area contributed by atoms with Gasteiger partial charge in [0.1, 0.15) is 16.9 Å². The number of nitrogens with zero attached hydrogens (tertiary/aromatic N) is 3. The van der Waals surface area contributed by atoms with Gasteiger partial charge in [-0.05, 0) is 44.3 Å². The zero-order chi connectivity index (χ0) is 29.2. The SMILES string of the molecule is CC(=Cc1csc(Cn2ccnc2)n1)C1CC2OC2(C)CCCC(C)C(O)C(C)C(=O)C(C)(C)C(O)CC(=O)O1. The molecule has 0 radical (unpaired) electrons. The normalized spacial score (nSPS) is 34.2. The number of aliphatic hydroxyl groups excluding tert-OH is 2. The zero-order valence-corrected chi connectivity index (χ0v) is 25.2. The van der Waals surface area contributed by atoms with Gasteiger partial charge in [-0.25, -0.2) is 9.97 Å². The number of ketones is 1. The zero-order valence-electron chi connectivity index (χ0n) is 24.4. The second kappa shape index (κ2) is 12.2. The Morgan fingerprint density at radius 2 is 2.00 bits per heavy atom. The molecule has 0 saturated carbocycles. The minimum atomic E-state index is -1.25. The van der Waals surface area contributed by atoms with Crippen molar-refractivity contribution in [3.05, 3.63) is 40.4 Å². The van der Waals surface area contributed by atoms with Crippen LogP contribution in [0.2, 0.25) is 0 Å². The number of aliphatic hydroxyl groups is 2. The number of fused-ring (bicyclic) bond motifs is 1. The molecule has 220 valence electrons. The van der Waals surface area contributed by atoms with E-state index in [-0.39, 0.29) is 29.8 Å². The van der Waals surface area contributed by atoms with E-state index in [1.165, 1.54) is 0 Å². The van der Waals surface area contributed by atoms with Crippen LogP contribution in [0, 0.1) is 17.3 Å². The van der Waals surface area contributed by atoms with E-state index >= 15 is 0 Å². The van der Waals surface area contributed by atoms with Gasteiger partial charge in [0.2, 0.25) is 0 Å². The minimum absolute atomic E-state index is 0.0733. The molecule has 7 atom stereocenters. The van der Waals surface area contributed by atoms with Crippen molar-refractivity contribution >= 4 is 29.2 Å². The van der Waals surface area contributed by atoms with Crippen molar-refractivity contribution in [1.29, 1.82) is 0 Å². The summed E-state index contributed by atoms with van der Waals surface area (Å²) in [7, 11) is 0. The van der Waals surface area contributed by atoms with Crippen LogP contribution in [0.1, 0.15) is 84.3 Å². The highest BCUT2D eigenvalue weighted by molar-refractivity contribution is 7.09. The number of aromatic nitrogens is 3. The van der Waals surface area contributed by atoms with E-state index in [2.05, 4.69) is 11.9 Å². The molecule has 0 aliphatic carbocycles. The Labute approximate surface area is 240 Å². The summed E-state index contributed by atoms with van der Waals surface area (Å²) < 4.78 is 14.0. The van der Waals surface area contributed by atoms with Crippen molar-refractivity contribution in [3.63, 3.8) is 0 Å². The van der Waals surface area contributed by atoms with Gasteiger partial charge in [-0.15, -0.1) is 11.3 Å². The molecule has 9 nitrogen and oxygen atoms in total. The Morgan fingerprint density at radius 3 is 2.70 bits per heavy atom. The quantitative estimate of drug-likeness (QED) is 0.407. The highest BCUT2D eigenvalue weighted by atomic mass is 32.1. The summed E-state index contributed by atoms with van der Waals surface area (Å²) in [5, 5.41) is 24.8. The third kappa shape index (κ3) is 7.08. The van der Waals surface area contributed by atoms with Crippen molar-refractivity contribution in [1.82, 2.24) is 14.5 Å². The van der Waals surface area contributed by atoms with Crippen molar-refractivity contribution < 1.29 is 29.3 Å². The van der Waals surface area contributed by atoms with E-state index < -0.39 is 35.6 Å². The maximum atomic E-state index is 13.3. The monoisotopic (exact) mass is 573 g/mol. The lowest BCUT2D eigenvalue weighted by molar-refractivity contribution is -0.154. The first kappa shape index (κ1) is 30.6. The number of ether oxygens (including phenoxy) is 2. The predicted octanol–water partition coefficient (Wildman–Crippen LogP) is 4.41. The van der Waals surface area contributed by atoms with E-state index in [1.807, 2.05) is 36.1 Å². The summed E-state index contributed by atoms with van der Waals surface area (Å²) in [5.41, 5.74) is 0.0745. The molecule has 2 aromatic rings. The molecule has 7 unspecified atom stereocenters. The second-order valence-electron chi connectivity index (χ2n) is 12.4. The molecule has 2 saturated heterocycles. The third-order valence-electron chi connectivity index (χ3n) is 8.74. The second-order valence-corrected chi connectivity index (χ2v) is 13.3. The van der Waals surface area contributed by atoms with Crippen LogP contribution in [0.25, 0.3) is 6.08 Å². The Morgan fingerprint density at radius 1 is 1.25 bits per heavy atom. The molecule has 0 bridgehead atoms. The summed E-state index contributed by atoms with van der Waals surface area (Å²) in [6.45, 7) is 11.5. The van der Waals surface area contributed by atoms with Gasteiger partial charge in [0.25, 0.3) is 0 Å². The summed E-state index contributed by atoms with van der Waals surface area (Å²) in [5.74, 6) is -1.60. The first-order valence-corrected chi connectivity index (χ1v) is 15.0. The van der Waals surface area contributed by atoms with Gasteiger partial charge < -0.3 is 24.3 Å². The van der Waals surface area contributed by atoms with Gasteiger partial charge in [-0.3, -0.25) is 9.59 Å². The fraction of sp³-hybridized carbons (Fsp3) is 0.667. The van der Waals surface area contributed by atoms with Crippen LogP contribution in [-0.4, -0.2) is 66.5 Å². The highest BCUT2D eigenvalue weighted by Crippen LogP contribution is 2.45. The summed E-state index contributed by atoms with van der Waals surface area (Å²) in [4.78, 5) is 35.2. The topological polar surface area (TPSA) is 127 Å². The number of thiazole rings is 1. The lowest BCUT2D eigenvalue weighted by Crippen LogP contribution is -2.45. The highest BCUT2D eigenvalue weighted by Gasteiger charge is 2.53. The number of rotatable bonds is 4. The largest absolute Gasteiger partial charge is 0.458 e. The maximum Gasteiger partial charge on any atom is 0.309 e. The number of esters is 1. The van der Waals surface area contributed by atoms with Crippen molar-refractivity contribution in [3.8, 4) is 0 Å². The average Bonchev–Trinajstić information content (AvgIpc) is 3.26. The first-order chi connectivity index (χ1) is 18.8. The Bertz CT molecular complexity index is 1210. The molecular formula is C30H43N3O6S. The third-order valence-corrected chi connectivity index (χ3v) is 9.59. The van der Waals surface area contributed by atoms with Crippen molar-refractivity contribution in [2.75, 3.05) is 0 Å². The van der Waals surface area contributed by atoms with Crippen LogP contribution in [0.4, 0.5) is 0 Å². The van der Waals surface area contributed by atoms with E-state index in [1.54, 1.807) is 44.6 Å². The Kier molecular flexibility index (Phi) is 9.34. The van der Waals surface area contributed by atoms with Gasteiger partial charge in [0.05, 0.1) is 54.3 Å². The van der Waals surface area contributed by atoms with Crippen LogP contribution in [-0.2, 0) is 25.6 Å². The maximum absolute atomic E-state index is 13.3. The molecule has 4 heterocycles. The van der Waals surface area contributed by atoms with Gasteiger partial charge in [0.15, 0.2) is 0 Å². The molecule has 2 aliphatic rings. The lowest BCUT2D eigenvalue weighted by Gasteiger charge is -2.34. The minimum Gasteiger partial charge on any atom is -0.458 e. The predicted molar refractivity (Wildman–Crippen MR) is 152 cm³/mol. The van der Waals surface area contributed by atoms with E-state index in [9.17, 15) is 19.8 Å². The number of hydrogen-bond donors (Lipinski definition) is 2. The number of imidazole rings is 1. The van der Waals surface area contributed by atoms with Gasteiger partial charge >= 0.3 is 5.97 Å².